The first-order valence-corrected chi connectivity index (χ1v) is 10.6. The molecule has 0 bridgehead atoms. The van der Waals surface area contributed by atoms with E-state index in [0.717, 1.165) is 31.2 Å². The lowest BCUT2D eigenvalue weighted by molar-refractivity contribution is -0.124. The molecule has 6 heteroatoms. The van der Waals surface area contributed by atoms with E-state index >= 15 is 0 Å². The lowest BCUT2D eigenvalue weighted by Gasteiger charge is -2.32. The number of amides is 1. The molecule has 1 heterocycles. The first kappa shape index (κ1) is 18.4. The number of benzene rings is 1. The van der Waals surface area contributed by atoms with Gasteiger partial charge in [0.05, 0.1) is 4.90 Å². The Morgan fingerprint density at radius 1 is 1.16 bits per heavy atom. The molecule has 1 aliphatic carbocycles. The van der Waals surface area contributed by atoms with Crippen LogP contribution < -0.4 is 5.32 Å². The number of nitrogens with one attached hydrogen (secondary N) is 1. The molecule has 1 aromatic rings. The first-order valence-electron chi connectivity index (χ1n) is 9.07. The summed E-state index contributed by atoms with van der Waals surface area (Å²) < 4.78 is 31.1. The standard InChI is InChI=1S/C19H27NO4S/c1-14-5-6-15(2)17(13-14)25(22,23)19(9-3-4-10-19)18(21)20-16-7-11-24-12-8-16/h5-6,13,16H,3-4,7-12H2,1-2H3,(H,20,21). The average Bonchev–Trinajstić information content (AvgIpc) is 3.09. The van der Waals surface area contributed by atoms with Gasteiger partial charge in [-0.3, -0.25) is 4.79 Å². The van der Waals surface area contributed by atoms with Gasteiger partial charge in [-0.1, -0.05) is 25.0 Å². The molecule has 25 heavy (non-hydrogen) atoms. The quantitative estimate of drug-likeness (QED) is 0.890. The van der Waals surface area contributed by atoms with E-state index in [1.807, 2.05) is 19.1 Å². The largest absolute Gasteiger partial charge is 0.381 e. The van der Waals surface area contributed by atoms with Crippen LogP contribution in [0.5, 0.6) is 0 Å². The molecule has 1 aromatic carbocycles. The zero-order chi connectivity index (χ0) is 18.1. The Labute approximate surface area is 150 Å². The topological polar surface area (TPSA) is 72.5 Å². The molecule has 0 unspecified atom stereocenters. The average molecular weight is 365 g/mol. The van der Waals surface area contributed by atoms with Gasteiger partial charge < -0.3 is 10.1 Å². The normalized spacial score (nSPS) is 21.2. The third-order valence-electron chi connectivity index (χ3n) is 5.53. The van der Waals surface area contributed by atoms with Crippen LogP contribution in [0.1, 0.15) is 49.7 Å². The maximum absolute atomic E-state index is 13.5. The Kier molecular flexibility index (Phi) is 5.21. The number of carbonyl (C=O) groups is 1. The third kappa shape index (κ3) is 3.34. The molecule has 2 aliphatic rings. The molecule has 0 spiro atoms. The van der Waals surface area contributed by atoms with E-state index in [-0.39, 0.29) is 11.9 Å². The van der Waals surface area contributed by atoms with Crippen molar-refractivity contribution in [2.24, 2.45) is 0 Å². The zero-order valence-electron chi connectivity index (χ0n) is 15.0. The van der Waals surface area contributed by atoms with Gasteiger partial charge in [-0.2, -0.15) is 0 Å². The van der Waals surface area contributed by atoms with Gasteiger partial charge in [-0.15, -0.1) is 0 Å². The molecule has 2 fully saturated rings. The van der Waals surface area contributed by atoms with Crippen LogP contribution in [-0.4, -0.2) is 38.3 Å². The second-order valence-electron chi connectivity index (χ2n) is 7.33. The van der Waals surface area contributed by atoms with E-state index in [0.29, 0.717) is 36.5 Å². The molecule has 0 aromatic heterocycles. The van der Waals surface area contributed by atoms with Crippen molar-refractivity contribution in [1.29, 1.82) is 0 Å². The maximum atomic E-state index is 13.5. The Morgan fingerprint density at radius 2 is 1.80 bits per heavy atom. The van der Waals surface area contributed by atoms with Crippen molar-refractivity contribution in [3.8, 4) is 0 Å². The highest BCUT2D eigenvalue weighted by atomic mass is 32.2. The van der Waals surface area contributed by atoms with Gasteiger partial charge in [0.15, 0.2) is 14.6 Å². The minimum Gasteiger partial charge on any atom is -0.381 e. The molecule has 5 nitrogen and oxygen atoms in total. The van der Waals surface area contributed by atoms with Gasteiger partial charge in [0.2, 0.25) is 5.91 Å². The van der Waals surface area contributed by atoms with Gasteiger partial charge in [0.1, 0.15) is 0 Å². The van der Waals surface area contributed by atoms with Gasteiger partial charge in [-0.25, -0.2) is 8.42 Å². The van der Waals surface area contributed by atoms with E-state index < -0.39 is 14.6 Å². The minimum absolute atomic E-state index is 0.00697. The highest BCUT2D eigenvalue weighted by molar-refractivity contribution is 7.93. The molecular formula is C19H27NO4S. The summed E-state index contributed by atoms with van der Waals surface area (Å²) in [5, 5.41) is 3.01. The monoisotopic (exact) mass is 365 g/mol. The van der Waals surface area contributed by atoms with Crippen molar-refractivity contribution in [2.75, 3.05) is 13.2 Å². The summed E-state index contributed by atoms with van der Waals surface area (Å²) in [6.45, 7) is 4.90. The fourth-order valence-electron chi connectivity index (χ4n) is 3.93. The molecular weight excluding hydrogens is 338 g/mol. The summed E-state index contributed by atoms with van der Waals surface area (Å²) in [4.78, 5) is 13.4. The minimum atomic E-state index is -3.75. The molecule has 1 saturated carbocycles. The summed E-state index contributed by atoms with van der Waals surface area (Å²) in [5.74, 6) is -0.321. The number of sulfone groups is 1. The SMILES string of the molecule is Cc1ccc(C)c(S(=O)(=O)C2(C(=O)NC3CCOCC3)CCCC2)c1. The summed E-state index contributed by atoms with van der Waals surface area (Å²) in [6.07, 6.45) is 3.82. The molecule has 0 atom stereocenters. The number of carbonyl (C=O) groups excluding carboxylic acids is 1. The molecule has 1 aliphatic heterocycles. The lowest BCUT2D eigenvalue weighted by Crippen LogP contribution is -2.54. The summed E-state index contributed by atoms with van der Waals surface area (Å²) >= 11 is 0. The molecule has 138 valence electrons. The highest BCUT2D eigenvalue weighted by Gasteiger charge is 2.53. The fourth-order valence-corrected chi connectivity index (χ4v) is 6.31. The van der Waals surface area contributed by atoms with Crippen molar-refractivity contribution in [2.45, 2.75) is 68.1 Å². The number of hydrogen-bond acceptors (Lipinski definition) is 4. The maximum Gasteiger partial charge on any atom is 0.242 e. The van der Waals surface area contributed by atoms with Crippen LogP contribution in [0.3, 0.4) is 0 Å². The van der Waals surface area contributed by atoms with Gasteiger partial charge in [0.25, 0.3) is 0 Å². The van der Waals surface area contributed by atoms with Crippen LogP contribution in [-0.2, 0) is 19.4 Å². The van der Waals surface area contributed by atoms with E-state index in [2.05, 4.69) is 5.32 Å². The van der Waals surface area contributed by atoms with Crippen LogP contribution in [0.4, 0.5) is 0 Å². The van der Waals surface area contributed by atoms with E-state index in [1.165, 1.54) is 0 Å². The first-order chi connectivity index (χ1) is 11.9. The Bertz CT molecular complexity index is 745. The smallest absolute Gasteiger partial charge is 0.242 e. The predicted molar refractivity (Wildman–Crippen MR) is 96.3 cm³/mol. The van der Waals surface area contributed by atoms with Crippen LogP contribution in [0, 0.1) is 13.8 Å². The third-order valence-corrected chi connectivity index (χ3v) is 8.17. The summed E-state index contributed by atoms with van der Waals surface area (Å²) in [5.41, 5.74) is 1.60. The number of aryl methyl sites for hydroxylation is 2. The second kappa shape index (κ2) is 7.08. The number of ether oxygens (including phenoxy) is 1. The summed E-state index contributed by atoms with van der Waals surface area (Å²) in [7, 11) is -3.75. The van der Waals surface area contributed by atoms with Crippen LogP contribution in [0.2, 0.25) is 0 Å². The van der Waals surface area contributed by atoms with Crippen LogP contribution in [0.15, 0.2) is 23.1 Å². The number of hydrogen-bond donors (Lipinski definition) is 1. The molecule has 0 radical (unpaired) electrons. The van der Waals surface area contributed by atoms with Crippen molar-refractivity contribution in [3.05, 3.63) is 29.3 Å². The van der Waals surface area contributed by atoms with Crippen molar-refractivity contribution in [1.82, 2.24) is 5.32 Å². The molecule has 1 amide bonds. The van der Waals surface area contributed by atoms with E-state index in [9.17, 15) is 13.2 Å². The Hall–Kier alpha value is -1.40. The Morgan fingerprint density at radius 3 is 2.44 bits per heavy atom. The summed E-state index contributed by atoms with van der Waals surface area (Å²) in [6, 6.07) is 5.43. The van der Waals surface area contributed by atoms with E-state index in [4.69, 9.17) is 4.74 Å². The van der Waals surface area contributed by atoms with Crippen molar-refractivity contribution in [3.63, 3.8) is 0 Å². The second-order valence-corrected chi connectivity index (χ2v) is 9.56. The highest BCUT2D eigenvalue weighted by Crippen LogP contribution is 2.42. The molecule has 1 N–H and O–H groups in total. The van der Waals surface area contributed by atoms with Gasteiger partial charge >= 0.3 is 0 Å². The van der Waals surface area contributed by atoms with Gasteiger partial charge in [0, 0.05) is 19.3 Å². The van der Waals surface area contributed by atoms with Crippen LogP contribution >= 0.6 is 0 Å². The van der Waals surface area contributed by atoms with Crippen molar-refractivity contribution >= 4 is 15.7 Å². The number of rotatable bonds is 4. The molecule has 3 rings (SSSR count). The van der Waals surface area contributed by atoms with Gasteiger partial charge in [-0.05, 0) is 56.7 Å². The predicted octanol–water partition coefficient (Wildman–Crippen LogP) is 2.69. The fraction of sp³-hybridized carbons (Fsp3) is 0.632. The van der Waals surface area contributed by atoms with E-state index in [1.54, 1.807) is 13.0 Å². The lowest BCUT2D eigenvalue weighted by atomic mass is 10.0. The molecule has 1 saturated heterocycles. The van der Waals surface area contributed by atoms with Crippen molar-refractivity contribution < 1.29 is 17.9 Å². The zero-order valence-corrected chi connectivity index (χ0v) is 15.8. The Balaban J connectivity index is 1.96. The van der Waals surface area contributed by atoms with Crippen LogP contribution in [0.25, 0.3) is 0 Å².